The number of aryl methyl sites for hydroxylation is 2. The van der Waals surface area contributed by atoms with E-state index in [2.05, 4.69) is 10.9 Å². The molecule has 0 heterocycles. The Kier molecular flexibility index (Phi) is 6.07. The lowest BCUT2D eigenvalue weighted by atomic mass is 10.0. The van der Waals surface area contributed by atoms with Crippen molar-refractivity contribution >= 4 is 28.7 Å². The van der Waals surface area contributed by atoms with Gasteiger partial charge in [0.1, 0.15) is 5.75 Å². The molecule has 2 N–H and O–H groups in total. The van der Waals surface area contributed by atoms with Crippen molar-refractivity contribution in [1.29, 1.82) is 0 Å². The van der Waals surface area contributed by atoms with E-state index >= 15 is 0 Å². The van der Waals surface area contributed by atoms with E-state index < -0.39 is 11.8 Å². The van der Waals surface area contributed by atoms with Crippen LogP contribution in [0, 0.1) is 13.8 Å². The number of rotatable bonds is 5. The summed E-state index contributed by atoms with van der Waals surface area (Å²) in [5, 5.41) is 2.15. The van der Waals surface area contributed by atoms with Gasteiger partial charge in [-0.2, -0.15) is 0 Å². The van der Waals surface area contributed by atoms with Crippen molar-refractivity contribution < 1.29 is 14.3 Å². The summed E-state index contributed by atoms with van der Waals surface area (Å²) in [6.45, 7) is 3.72. The lowest BCUT2D eigenvalue weighted by molar-refractivity contribution is -0.128. The summed E-state index contributed by atoms with van der Waals surface area (Å²) in [5.41, 5.74) is 7.70. The fraction of sp³-hybridized carbons (Fsp3) is 0.130. The summed E-state index contributed by atoms with van der Waals surface area (Å²) in [4.78, 5) is 23.8. The molecule has 0 spiro atoms. The lowest BCUT2D eigenvalue weighted by Crippen LogP contribution is -2.43. The van der Waals surface area contributed by atoms with Crippen LogP contribution in [0.15, 0.2) is 66.7 Å². The van der Waals surface area contributed by atoms with E-state index in [1.54, 1.807) is 6.08 Å². The quantitative estimate of drug-likeness (QED) is 0.529. The van der Waals surface area contributed by atoms with E-state index in [0.29, 0.717) is 5.75 Å². The number of carbonyl (C=O) groups excluding carboxylic acids is 2. The smallest absolute Gasteiger partial charge is 0.276 e. The summed E-state index contributed by atoms with van der Waals surface area (Å²) in [6.07, 6.45) is 3.10. The first-order valence-corrected chi connectivity index (χ1v) is 8.97. The Bertz CT molecular complexity index is 1040. The minimum Gasteiger partial charge on any atom is -0.483 e. The normalized spacial score (nSPS) is 10.8. The summed E-state index contributed by atoms with van der Waals surface area (Å²) >= 11 is 0. The molecule has 0 saturated heterocycles. The van der Waals surface area contributed by atoms with Gasteiger partial charge < -0.3 is 4.74 Å². The van der Waals surface area contributed by atoms with Gasteiger partial charge in [-0.15, -0.1) is 0 Å². The zero-order valence-corrected chi connectivity index (χ0v) is 15.9. The van der Waals surface area contributed by atoms with Crippen molar-refractivity contribution in [1.82, 2.24) is 10.9 Å². The van der Waals surface area contributed by atoms with Crippen LogP contribution in [0.25, 0.3) is 16.8 Å². The van der Waals surface area contributed by atoms with Crippen molar-refractivity contribution in [3.8, 4) is 5.75 Å². The second kappa shape index (κ2) is 8.86. The molecule has 0 radical (unpaired) electrons. The molecule has 3 aromatic carbocycles. The minimum atomic E-state index is -0.438. The fourth-order valence-electron chi connectivity index (χ4n) is 2.87. The SMILES string of the molecule is Cc1ccc(OCC(=O)NNC(=O)C=Cc2cccc3ccccc23)c(C)c1. The molecule has 0 aliphatic heterocycles. The number of fused-ring (bicyclic) bond motifs is 1. The third-order valence-corrected chi connectivity index (χ3v) is 4.25. The van der Waals surface area contributed by atoms with Crippen LogP contribution in [0.4, 0.5) is 0 Å². The Morgan fingerprint density at radius 3 is 2.57 bits per heavy atom. The zero-order chi connectivity index (χ0) is 19.9. The third kappa shape index (κ3) is 4.98. The number of benzene rings is 3. The number of hydrogen-bond acceptors (Lipinski definition) is 3. The fourth-order valence-corrected chi connectivity index (χ4v) is 2.87. The summed E-state index contributed by atoms with van der Waals surface area (Å²) in [5.74, 6) is -0.220. The van der Waals surface area contributed by atoms with Gasteiger partial charge in [-0.1, -0.05) is 60.2 Å². The van der Waals surface area contributed by atoms with Gasteiger partial charge >= 0.3 is 0 Å². The van der Waals surface area contributed by atoms with Crippen LogP contribution in [-0.2, 0) is 9.59 Å². The van der Waals surface area contributed by atoms with Gasteiger partial charge in [-0.3, -0.25) is 20.4 Å². The molecule has 0 aliphatic carbocycles. The van der Waals surface area contributed by atoms with Gasteiger partial charge in [0.15, 0.2) is 6.61 Å². The molecule has 3 rings (SSSR count). The maximum Gasteiger partial charge on any atom is 0.276 e. The van der Waals surface area contributed by atoms with Gasteiger partial charge in [0.25, 0.3) is 11.8 Å². The first kappa shape index (κ1) is 19.2. The van der Waals surface area contributed by atoms with Crippen LogP contribution in [0.3, 0.4) is 0 Å². The van der Waals surface area contributed by atoms with Crippen LogP contribution in [-0.4, -0.2) is 18.4 Å². The summed E-state index contributed by atoms with van der Waals surface area (Å²) in [7, 11) is 0. The molecule has 0 bridgehead atoms. The lowest BCUT2D eigenvalue weighted by Gasteiger charge is -2.10. The topological polar surface area (TPSA) is 67.4 Å². The largest absolute Gasteiger partial charge is 0.483 e. The number of hydrogen-bond donors (Lipinski definition) is 2. The second-order valence-electron chi connectivity index (χ2n) is 6.50. The molecule has 5 heteroatoms. The van der Waals surface area contributed by atoms with Crippen molar-refractivity contribution in [2.45, 2.75) is 13.8 Å². The van der Waals surface area contributed by atoms with Crippen LogP contribution in [0.2, 0.25) is 0 Å². The predicted octanol–water partition coefficient (Wildman–Crippen LogP) is 3.70. The van der Waals surface area contributed by atoms with Gasteiger partial charge in [0, 0.05) is 6.08 Å². The molecule has 142 valence electrons. The number of carbonyl (C=O) groups is 2. The van der Waals surface area contributed by atoms with Gasteiger partial charge in [-0.05, 0) is 47.9 Å². The van der Waals surface area contributed by atoms with Crippen LogP contribution >= 0.6 is 0 Å². The molecule has 0 atom stereocenters. The van der Waals surface area contributed by atoms with E-state index in [9.17, 15) is 9.59 Å². The number of nitrogens with one attached hydrogen (secondary N) is 2. The molecular weight excluding hydrogens is 352 g/mol. The van der Waals surface area contributed by atoms with Crippen LogP contribution in [0.1, 0.15) is 16.7 Å². The summed E-state index contributed by atoms with van der Waals surface area (Å²) in [6, 6.07) is 19.5. The standard InChI is InChI=1S/C23H22N2O3/c1-16-10-12-21(17(2)14-16)28-15-23(27)25-24-22(26)13-11-19-8-5-7-18-6-3-4-9-20(18)19/h3-14H,15H2,1-2H3,(H,24,26)(H,25,27). The van der Waals surface area contributed by atoms with Crippen molar-refractivity contribution in [2.75, 3.05) is 6.61 Å². The average molecular weight is 374 g/mol. The van der Waals surface area contributed by atoms with Gasteiger partial charge in [0.05, 0.1) is 0 Å². The van der Waals surface area contributed by atoms with Gasteiger partial charge in [-0.25, -0.2) is 0 Å². The number of ether oxygens (including phenoxy) is 1. The highest BCUT2D eigenvalue weighted by Gasteiger charge is 2.06. The molecule has 0 fully saturated rings. The monoisotopic (exact) mass is 374 g/mol. The molecular formula is C23H22N2O3. The zero-order valence-electron chi connectivity index (χ0n) is 15.9. The molecule has 5 nitrogen and oxygen atoms in total. The Balaban J connectivity index is 1.51. The molecule has 0 aromatic heterocycles. The Morgan fingerprint density at radius 2 is 1.75 bits per heavy atom. The van der Waals surface area contributed by atoms with Crippen LogP contribution < -0.4 is 15.6 Å². The maximum atomic E-state index is 12.0. The molecule has 0 saturated carbocycles. The Labute approximate surface area is 164 Å². The van der Waals surface area contributed by atoms with E-state index in [-0.39, 0.29) is 6.61 Å². The number of hydrazine groups is 1. The minimum absolute atomic E-state index is 0.183. The molecule has 0 aliphatic rings. The van der Waals surface area contributed by atoms with Crippen molar-refractivity contribution in [3.05, 3.63) is 83.4 Å². The van der Waals surface area contributed by atoms with Gasteiger partial charge in [0.2, 0.25) is 0 Å². The van der Waals surface area contributed by atoms with E-state index in [1.807, 2.05) is 74.5 Å². The summed E-state index contributed by atoms with van der Waals surface area (Å²) < 4.78 is 5.48. The predicted molar refractivity (Wildman–Crippen MR) is 111 cm³/mol. The van der Waals surface area contributed by atoms with E-state index in [1.165, 1.54) is 6.08 Å². The highest BCUT2D eigenvalue weighted by atomic mass is 16.5. The molecule has 2 amide bonds. The second-order valence-corrected chi connectivity index (χ2v) is 6.50. The first-order chi connectivity index (χ1) is 13.5. The first-order valence-electron chi connectivity index (χ1n) is 8.97. The number of amides is 2. The molecule has 28 heavy (non-hydrogen) atoms. The van der Waals surface area contributed by atoms with E-state index in [0.717, 1.165) is 27.5 Å². The highest BCUT2D eigenvalue weighted by Crippen LogP contribution is 2.20. The Morgan fingerprint density at radius 1 is 0.964 bits per heavy atom. The molecule has 3 aromatic rings. The third-order valence-electron chi connectivity index (χ3n) is 4.25. The Hall–Kier alpha value is -3.60. The van der Waals surface area contributed by atoms with Crippen molar-refractivity contribution in [2.24, 2.45) is 0 Å². The maximum absolute atomic E-state index is 12.0. The average Bonchev–Trinajstić information content (AvgIpc) is 2.70. The van der Waals surface area contributed by atoms with Crippen LogP contribution in [0.5, 0.6) is 5.75 Å². The van der Waals surface area contributed by atoms with Crippen molar-refractivity contribution in [3.63, 3.8) is 0 Å². The highest BCUT2D eigenvalue weighted by molar-refractivity contribution is 5.97. The molecule has 0 unspecified atom stereocenters. The van der Waals surface area contributed by atoms with E-state index in [4.69, 9.17) is 4.74 Å².